The molecule has 4 nitrogen and oxygen atoms in total. The Kier molecular flexibility index (Phi) is 5.00. The summed E-state index contributed by atoms with van der Waals surface area (Å²) >= 11 is 3.17. The summed E-state index contributed by atoms with van der Waals surface area (Å²) in [4.78, 5) is 33.0. The Hall–Kier alpha value is -2.57. The number of ketones is 1. The van der Waals surface area contributed by atoms with Gasteiger partial charge < -0.3 is 0 Å². The van der Waals surface area contributed by atoms with Gasteiger partial charge in [0.1, 0.15) is 16.4 Å². The highest BCUT2D eigenvalue weighted by Crippen LogP contribution is 2.38. The van der Waals surface area contributed by atoms with Crippen LogP contribution in [0.5, 0.6) is 0 Å². The van der Waals surface area contributed by atoms with Crippen molar-refractivity contribution >= 4 is 38.7 Å². The van der Waals surface area contributed by atoms with E-state index in [1.54, 1.807) is 34.2 Å². The van der Waals surface area contributed by atoms with Gasteiger partial charge in [-0.1, -0.05) is 29.8 Å². The summed E-state index contributed by atoms with van der Waals surface area (Å²) in [6.07, 6.45) is 0.309. The second-order valence-electron chi connectivity index (χ2n) is 6.90. The molecule has 0 atom stereocenters. The maximum atomic E-state index is 13.6. The Labute approximate surface area is 171 Å². The minimum Gasteiger partial charge on any atom is -0.300 e. The molecule has 0 spiro atoms. The van der Waals surface area contributed by atoms with Crippen LogP contribution in [0.1, 0.15) is 23.8 Å². The summed E-state index contributed by atoms with van der Waals surface area (Å²) in [6, 6.07) is 12.0. The van der Waals surface area contributed by atoms with Crippen molar-refractivity contribution in [3.05, 3.63) is 62.6 Å². The van der Waals surface area contributed by atoms with Gasteiger partial charge in [-0.25, -0.2) is 4.98 Å². The van der Waals surface area contributed by atoms with Gasteiger partial charge in [0.15, 0.2) is 0 Å². The molecule has 0 aliphatic rings. The topological polar surface area (TPSA) is 52.0 Å². The number of thiophene rings is 2. The Morgan fingerprint density at radius 1 is 1.18 bits per heavy atom. The van der Waals surface area contributed by atoms with Crippen molar-refractivity contribution in [1.29, 1.82) is 0 Å². The van der Waals surface area contributed by atoms with E-state index in [9.17, 15) is 9.59 Å². The number of hydrogen-bond acceptors (Lipinski definition) is 5. The quantitative estimate of drug-likeness (QED) is 0.441. The van der Waals surface area contributed by atoms with E-state index in [0.29, 0.717) is 24.2 Å². The molecule has 0 aliphatic heterocycles. The molecule has 142 valence electrons. The first-order valence-electron chi connectivity index (χ1n) is 9.10. The van der Waals surface area contributed by atoms with Crippen LogP contribution in [0.3, 0.4) is 0 Å². The number of fused-ring (bicyclic) bond motifs is 1. The summed E-state index contributed by atoms with van der Waals surface area (Å²) in [7, 11) is 0. The standard InChI is InChI=1S/C22H20N2O2S2/c1-13-6-4-7-16(12-13)20-23-21-19(22(26)24(20)10-9-14(2)25)18(15(3)28-21)17-8-5-11-27-17/h4-8,11-12H,9-10H2,1-3H3. The minimum absolute atomic E-state index is 0.0576. The van der Waals surface area contributed by atoms with Crippen molar-refractivity contribution in [3.8, 4) is 21.8 Å². The molecular formula is C22H20N2O2S2. The fourth-order valence-electron chi connectivity index (χ4n) is 3.39. The first kappa shape index (κ1) is 18.8. The average Bonchev–Trinajstić information content (AvgIpc) is 3.27. The predicted octanol–water partition coefficient (Wildman–Crippen LogP) is 5.45. The van der Waals surface area contributed by atoms with Crippen LogP contribution in [0.4, 0.5) is 0 Å². The smallest absolute Gasteiger partial charge is 0.263 e. The summed E-state index contributed by atoms with van der Waals surface area (Å²) < 4.78 is 1.67. The SMILES string of the molecule is CC(=O)CCn1c(-c2cccc(C)c2)nc2sc(C)c(-c3cccs3)c2c1=O. The zero-order valence-electron chi connectivity index (χ0n) is 16.0. The number of rotatable bonds is 5. The third-order valence-electron chi connectivity index (χ3n) is 4.72. The number of nitrogens with zero attached hydrogens (tertiary/aromatic N) is 2. The van der Waals surface area contributed by atoms with Crippen LogP contribution in [0.25, 0.3) is 32.0 Å². The summed E-state index contributed by atoms with van der Waals surface area (Å²) in [5.74, 6) is 0.684. The third kappa shape index (κ3) is 3.34. The van der Waals surface area contributed by atoms with Crippen molar-refractivity contribution < 1.29 is 4.79 Å². The van der Waals surface area contributed by atoms with Gasteiger partial charge in [0.25, 0.3) is 5.56 Å². The van der Waals surface area contributed by atoms with E-state index >= 15 is 0 Å². The molecule has 0 saturated heterocycles. The van der Waals surface area contributed by atoms with Gasteiger partial charge in [0, 0.05) is 33.8 Å². The van der Waals surface area contributed by atoms with Crippen molar-refractivity contribution in [1.82, 2.24) is 9.55 Å². The van der Waals surface area contributed by atoms with Gasteiger partial charge in [-0.3, -0.25) is 14.2 Å². The van der Waals surface area contributed by atoms with Crippen LogP contribution in [-0.4, -0.2) is 15.3 Å². The zero-order valence-corrected chi connectivity index (χ0v) is 17.6. The van der Waals surface area contributed by atoms with E-state index in [-0.39, 0.29) is 11.3 Å². The van der Waals surface area contributed by atoms with Crippen LogP contribution in [0, 0.1) is 13.8 Å². The number of hydrogen-bond donors (Lipinski definition) is 0. The van der Waals surface area contributed by atoms with Gasteiger partial charge in [-0.15, -0.1) is 22.7 Å². The Balaban J connectivity index is 2.03. The molecule has 3 heterocycles. The molecule has 0 aliphatic carbocycles. The molecular weight excluding hydrogens is 388 g/mol. The second kappa shape index (κ2) is 7.45. The number of aromatic nitrogens is 2. The van der Waals surface area contributed by atoms with Crippen LogP contribution in [0.2, 0.25) is 0 Å². The first-order chi connectivity index (χ1) is 13.5. The number of Topliss-reactive ketones (excluding diaryl/α,β-unsaturated/α-hetero) is 1. The van der Waals surface area contributed by atoms with E-state index in [1.807, 2.05) is 55.6 Å². The molecule has 4 aromatic rings. The monoisotopic (exact) mass is 408 g/mol. The second-order valence-corrected chi connectivity index (χ2v) is 9.06. The molecule has 0 bridgehead atoms. The normalized spacial score (nSPS) is 11.2. The molecule has 0 N–H and O–H groups in total. The highest BCUT2D eigenvalue weighted by Gasteiger charge is 2.21. The molecule has 3 aromatic heterocycles. The van der Waals surface area contributed by atoms with Crippen LogP contribution < -0.4 is 5.56 Å². The maximum absolute atomic E-state index is 13.6. The number of carbonyl (C=O) groups excluding carboxylic acids is 1. The van der Waals surface area contributed by atoms with Crippen molar-refractivity contribution in [2.45, 2.75) is 33.7 Å². The van der Waals surface area contributed by atoms with Crippen molar-refractivity contribution in [3.63, 3.8) is 0 Å². The van der Waals surface area contributed by atoms with Gasteiger partial charge in [-0.2, -0.15) is 0 Å². The molecule has 0 unspecified atom stereocenters. The van der Waals surface area contributed by atoms with Crippen LogP contribution in [0.15, 0.2) is 46.6 Å². The largest absolute Gasteiger partial charge is 0.300 e. The molecule has 0 amide bonds. The number of aryl methyl sites for hydroxylation is 2. The van der Waals surface area contributed by atoms with E-state index in [4.69, 9.17) is 4.98 Å². The number of benzene rings is 1. The van der Waals surface area contributed by atoms with E-state index in [2.05, 4.69) is 0 Å². The summed E-state index contributed by atoms with van der Waals surface area (Å²) in [6.45, 7) is 5.94. The van der Waals surface area contributed by atoms with Gasteiger partial charge in [0.05, 0.1) is 5.39 Å². The van der Waals surface area contributed by atoms with E-state index in [1.165, 1.54) is 0 Å². The molecule has 1 aromatic carbocycles. The third-order valence-corrected chi connectivity index (χ3v) is 6.61. The summed E-state index contributed by atoms with van der Waals surface area (Å²) in [5, 5.41) is 2.67. The van der Waals surface area contributed by atoms with E-state index in [0.717, 1.165) is 31.3 Å². The fraction of sp³-hybridized carbons (Fsp3) is 0.227. The first-order valence-corrected chi connectivity index (χ1v) is 10.8. The van der Waals surface area contributed by atoms with Gasteiger partial charge in [-0.05, 0) is 38.3 Å². The Morgan fingerprint density at radius 3 is 2.68 bits per heavy atom. The lowest BCUT2D eigenvalue weighted by Gasteiger charge is -2.13. The van der Waals surface area contributed by atoms with E-state index < -0.39 is 0 Å². The molecule has 0 saturated carbocycles. The van der Waals surface area contributed by atoms with Crippen molar-refractivity contribution in [2.24, 2.45) is 0 Å². The molecule has 0 fully saturated rings. The Bertz CT molecular complexity index is 1230. The van der Waals surface area contributed by atoms with Gasteiger partial charge >= 0.3 is 0 Å². The predicted molar refractivity (Wildman–Crippen MR) is 117 cm³/mol. The van der Waals surface area contributed by atoms with Crippen LogP contribution >= 0.6 is 22.7 Å². The highest BCUT2D eigenvalue weighted by molar-refractivity contribution is 7.20. The Morgan fingerprint density at radius 2 is 2.00 bits per heavy atom. The lowest BCUT2D eigenvalue weighted by Crippen LogP contribution is -2.24. The number of carbonyl (C=O) groups is 1. The molecule has 4 rings (SSSR count). The fourth-order valence-corrected chi connectivity index (χ4v) is 5.32. The van der Waals surface area contributed by atoms with Crippen LogP contribution in [-0.2, 0) is 11.3 Å². The zero-order chi connectivity index (χ0) is 19.8. The lowest BCUT2D eigenvalue weighted by atomic mass is 10.1. The minimum atomic E-state index is -0.0736. The van der Waals surface area contributed by atoms with Gasteiger partial charge in [0.2, 0.25) is 0 Å². The highest BCUT2D eigenvalue weighted by atomic mass is 32.1. The summed E-state index contributed by atoms with van der Waals surface area (Å²) in [5.41, 5.74) is 2.90. The molecule has 6 heteroatoms. The molecule has 0 radical (unpaired) electrons. The average molecular weight is 409 g/mol. The van der Waals surface area contributed by atoms with Crippen molar-refractivity contribution in [2.75, 3.05) is 0 Å². The maximum Gasteiger partial charge on any atom is 0.263 e. The lowest BCUT2D eigenvalue weighted by molar-refractivity contribution is -0.117. The molecule has 28 heavy (non-hydrogen) atoms.